The predicted octanol–water partition coefficient (Wildman–Crippen LogP) is 3.33. The summed E-state index contributed by atoms with van der Waals surface area (Å²) < 4.78 is 5.80. The fourth-order valence-electron chi connectivity index (χ4n) is 2.42. The molecule has 0 aliphatic rings. The topological polar surface area (TPSA) is 51.0 Å². The Bertz CT molecular complexity index is 552. The van der Waals surface area contributed by atoms with Crippen LogP contribution in [-0.4, -0.2) is 16.7 Å². The number of rotatable bonds is 4. The van der Waals surface area contributed by atoms with Crippen LogP contribution in [-0.2, 0) is 0 Å². The van der Waals surface area contributed by atoms with E-state index in [1.165, 1.54) is 16.7 Å². The lowest BCUT2D eigenvalue weighted by molar-refractivity contribution is 0.428. The third kappa shape index (κ3) is 2.84. The lowest BCUT2D eigenvalue weighted by Crippen LogP contribution is -2.17. The van der Waals surface area contributed by atoms with Crippen molar-refractivity contribution in [3.8, 4) is 11.5 Å². The van der Waals surface area contributed by atoms with Gasteiger partial charge in [-0.25, -0.2) is 0 Å². The molecule has 2 aromatic rings. The molecule has 19 heavy (non-hydrogen) atoms. The summed E-state index contributed by atoms with van der Waals surface area (Å²) >= 11 is 0. The van der Waals surface area contributed by atoms with E-state index in [0.29, 0.717) is 11.8 Å². The van der Waals surface area contributed by atoms with Crippen LogP contribution in [0.5, 0.6) is 0 Å². The average molecular weight is 259 g/mol. The van der Waals surface area contributed by atoms with Crippen molar-refractivity contribution in [2.45, 2.75) is 40.7 Å². The largest absolute Gasteiger partial charge is 0.419 e. The smallest absolute Gasteiger partial charge is 0.248 e. The summed E-state index contributed by atoms with van der Waals surface area (Å²) in [6.07, 6.45) is 0. The second-order valence-electron chi connectivity index (χ2n) is 5.00. The Morgan fingerprint density at radius 2 is 1.79 bits per heavy atom. The van der Waals surface area contributed by atoms with Crippen molar-refractivity contribution in [2.75, 3.05) is 6.54 Å². The molecule has 1 heterocycles. The summed E-state index contributed by atoms with van der Waals surface area (Å²) in [6, 6.07) is 4.36. The van der Waals surface area contributed by atoms with Gasteiger partial charge in [0.1, 0.15) is 0 Å². The molecule has 0 bridgehead atoms. The standard InChI is InChI=1S/C15H21N3O/c1-6-16-12(5)14-17-18-15(19-14)13-10(3)7-9(2)8-11(13)4/h7-8,12,16H,6H2,1-5H3. The van der Waals surface area contributed by atoms with Gasteiger partial charge >= 0.3 is 0 Å². The first kappa shape index (κ1) is 13.7. The van der Waals surface area contributed by atoms with Crippen molar-refractivity contribution in [1.29, 1.82) is 0 Å². The molecular formula is C15H21N3O. The normalized spacial score (nSPS) is 12.7. The number of aryl methyl sites for hydroxylation is 3. The van der Waals surface area contributed by atoms with Gasteiger partial charge in [0.05, 0.1) is 6.04 Å². The van der Waals surface area contributed by atoms with Gasteiger partial charge in [-0.3, -0.25) is 0 Å². The third-order valence-electron chi connectivity index (χ3n) is 3.21. The van der Waals surface area contributed by atoms with Crippen molar-refractivity contribution in [1.82, 2.24) is 15.5 Å². The molecule has 1 aromatic heterocycles. The highest BCUT2D eigenvalue weighted by atomic mass is 16.4. The maximum absolute atomic E-state index is 5.80. The molecular weight excluding hydrogens is 238 g/mol. The zero-order chi connectivity index (χ0) is 14.0. The first-order valence-corrected chi connectivity index (χ1v) is 6.68. The van der Waals surface area contributed by atoms with Crippen molar-refractivity contribution in [2.24, 2.45) is 0 Å². The molecule has 1 unspecified atom stereocenters. The SMILES string of the molecule is CCNC(C)c1nnc(-c2c(C)cc(C)cc2C)o1. The molecule has 2 rings (SSSR count). The van der Waals surface area contributed by atoms with Crippen molar-refractivity contribution in [3.63, 3.8) is 0 Å². The molecule has 102 valence electrons. The number of nitrogens with one attached hydrogen (secondary N) is 1. The van der Waals surface area contributed by atoms with E-state index in [2.05, 4.69) is 55.3 Å². The van der Waals surface area contributed by atoms with E-state index in [1.807, 2.05) is 6.92 Å². The Hall–Kier alpha value is -1.68. The van der Waals surface area contributed by atoms with Crippen molar-refractivity contribution in [3.05, 3.63) is 34.7 Å². The van der Waals surface area contributed by atoms with Crippen LogP contribution in [0.15, 0.2) is 16.5 Å². The summed E-state index contributed by atoms with van der Waals surface area (Å²) in [6.45, 7) is 11.2. The summed E-state index contributed by atoms with van der Waals surface area (Å²) in [5.74, 6) is 1.24. The second kappa shape index (κ2) is 5.53. The maximum Gasteiger partial charge on any atom is 0.248 e. The quantitative estimate of drug-likeness (QED) is 0.915. The highest BCUT2D eigenvalue weighted by Crippen LogP contribution is 2.28. The zero-order valence-electron chi connectivity index (χ0n) is 12.2. The van der Waals surface area contributed by atoms with E-state index >= 15 is 0 Å². The summed E-state index contributed by atoms with van der Waals surface area (Å²) in [7, 11) is 0. The maximum atomic E-state index is 5.80. The van der Waals surface area contributed by atoms with Gasteiger partial charge in [0.25, 0.3) is 0 Å². The van der Waals surface area contributed by atoms with Crippen LogP contribution in [0, 0.1) is 20.8 Å². The summed E-state index contributed by atoms with van der Waals surface area (Å²) in [4.78, 5) is 0. The van der Waals surface area contributed by atoms with E-state index in [-0.39, 0.29) is 6.04 Å². The highest BCUT2D eigenvalue weighted by Gasteiger charge is 2.17. The fraction of sp³-hybridized carbons (Fsp3) is 0.467. The molecule has 0 radical (unpaired) electrons. The molecule has 0 saturated carbocycles. The molecule has 4 heteroatoms. The molecule has 1 atom stereocenters. The van der Waals surface area contributed by atoms with Gasteiger partial charge in [0, 0.05) is 5.56 Å². The van der Waals surface area contributed by atoms with Crippen LogP contribution < -0.4 is 5.32 Å². The zero-order valence-corrected chi connectivity index (χ0v) is 12.2. The van der Waals surface area contributed by atoms with Gasteiger partial charge in [-0.2, -0.15) is 0 Å². The van der Waals surface area contributed by atoms with Crippen molar-refractivity contribution >= 4 is 0 Å². The number of nitrogens with zero attached hydrogens (tertiary/aromatic N) is 2. The van der Waals surface area contributed by atoms with Crippen LogP contribution in [0.25, 0.3) is 11.5 Å². The summed E-state index contributed by atoms with van der Waals surface area (Å²) in [5.41, 5.74) is 4.64. The Morgan fingerprint density at radius 1 is 1.16 bits per heavy atom. The van der Waals surface area contributed by atoms with E-state index in [9.17, 15) is 0 Å². The fourth-order valence-corrected chi connectivity index (χ4v) is 2.42. The molecule has 0 aliphatic carbocycles. The van der Waals surface area contributed by atoms with Gasteiger partial charge in [-0.1, -0.05) is 24.6 Å². The first-order chi connectivity index (χ1) is 9.02. The van der Waals surface area contributed by atoms with Crippen LogP contribution in [0.2, 0.25) is 0 Å². The minimum atomic E-state index is 0.0808. The van der Waals surface area contributed by atoms with Crippen LogP contribution >= 0.6 is 0 Å². The van der Waals surface area contributed by atoms with Gasteiger partial charge < -0.3 is 9.73 Å². The predicted molar refractivity (Wildman–Crippen MR) is 76.0 cm³/mol. The number of aromatic nitrogens is 2. The van der Waals surface area contributed by atoms with E-state index in [0.717, 1.165) is 12.1 Å². The Kier molecular flexibility index (Phi) is 4.00. The number of hydrogen-bond donors (Lipinski definition) is 1. The monoisotopic (exact) mass is 259 g/mol. The van der Waals surface area contributed by atoms with E-state index < -0.39 is 0 Å². The van der Waals surface area contributed by atoms with Crippen molar-refractivity contribution < 1.29 is 4.42 Å². The molecule has 1 N–H and O–H groups in total. The van der Waals surface area contributed by atoms with Gasteiger partial charge in [-0.15, -0.1) is 10.2 Å². The lowest BCUT2D eigenvalue weighted by atomic mass is 10.00. The Labute approximate surface area is 114 Å². The molecule has 0 fully saturated rings. The Morgan fingerprint density at radius 3 is 2.37 bits per heavy atom. The number of hydrogen-bond acceptors (Lipinski definition) is 4. The molecule has 4 nitrogen and oxygen atoms in total. The Balaban J connectivity index is 2.38. The molecule has 0 aliphatic heterocycles. The first-order valence-electron chi connectivity index (χ1n) is 6.68. The summed E-state index contributed by atoms with van der Waals surface area (Å²) in [5, 5.41) is 11.6. The molecule has 1 aromatic carbocycles. The van der Waals surface area contributed by atoms with Gasteiger partial charge in [0.2, 0.25) is 11.8 Å². The van der Waals surface area contributed by atoms with Crippen LogP contribution in [0.3, 0.4) is 0 Å². The average Bonchev–Trinajstić information content (AvgIpc) is 2.77. The third-order valence-corrected chi connectivity index (χ3v) is 3.21. The van der Waals surface area contributed by atoms with Gasteiger partial charge in [-0.05, 0) is 45.4 Å². The molecule has 0 spiro atoms. The van der Waals surface area contributed by atoms with E-state index in [4.69, 9.17) is 4.42 Å². The molecule has 0 saturated heterocycles. The second-order valence-corrected chi connectivity index (χ2v) is 5.00. The van der Waals surface area contributed by atoms with Crippen LogP contribution in [0.1, 0.15) is 42.5 Å². The number of benzene rings is 1. The minimum absolute atomic E-state index is 0.0808. The minimum Gasteiger partial charge on any atom is -0.419 e. The highest BCUT2D eigenvalue weighted by molar-refractivity contribution is 5.63. The van der Waals surface area contributed by atoms with Crippen LogP contribution in [0.4, 0.5) is 0 Å². The van der Waals surface area contributed by atoms with E-state index in [1.54, 1.807) is 0 Å². The van der Waals surface area contributed by atoms with Gasteiger partial charge in [0.15, 0.2) is 0 Å². The molecule has 0 amide bonds. The lowest BCUT2D eigenvalue weighted by Gasteiger charge is -2.08.